The molecule has 198 valence electrons. The SMILES string of the molecule is CCC[C@H]1CN(C(=O)[C@@H](NC(=O)c2ccc(N3CCN(C)CC3)cc2)C(C)(C)CC)[C@@H]2C(=O)CO[C@H]12. The van der Waals surface area contributed by atoms with Crippen molar-refractivity contribution in [3.8, 4) is 0 Å². The summed E-state index contributed by atoms with van der Waals surface area (Å²) in [6.07, 6.45) is 2.35. The van der Waals surface area contributed by atoms with E-state index in [4.69, 9.17) is 4.74 Å². The molecular formula is C28H42N4O4. The lowest BCUT2D eigenvalue weighted by Gasteiger charge is -2.37. The van der Waals surface area contributed by atoms with Crippen LogP contribution in [0.1, 0.15) is 57.3 Å². The van der Waals surface area contributed by atoms with Gasteiger partial charge in [0.15, 0.2) is 5.78 Å². The van der Waals surface area contributed by atoms with Gasteiger partial charge in [-0.05, 0) is 49.6 Å². The van der Waals surface area contributed by atoms with Crippen LogP contribution in [0.15, 0.2) is 24.3 Å². The highest BCUT2D eigenvalue weighted by Crippen LogP contribution is 2.36. The molecule has 4 atom stereocenters. The van der Waals surface area contributed by atoms with Crippen LogP contribution in [-0.2, 0) is 14.3 Å². The molecule has 0 radical (unpaired) electrons. The monoisotopic (exact) mass is 498 g/mol. The maximum Gasteiger partial charge on any atom is 0.251 e. The van der Waals surface area contributed by atoms with E-state index < -0.39 is 17.5 Å². The summed E-state index contributed by atoms with van der Waals surface area (Å²) in [5, 5.41) is 3.04. The number of piperazine rings is 1. The number of carbonyl (C=O) groups excluding carboxylic acids is 3. The van der Waals surface area contributed by atoms with E-state index in [1.807, 2.05) is 45.0 Å². The summed E-state index contributed by atoms with van der Waals surface area (Å²) >= 11 is 0. The summed E-state index contributed by atoms with van der Waals surface area (Å²) in [7, 11) is 2.13. The normalized spacial score (nSPS) is 25.7. The average molecular weight is 499 g/mol. The number of likely N-dealkylation sites (tertiary alicyclic amines) is 1. The van der Waals surface area contributed by atoms with Crippen LogP contribution in [0.5, 0.6) is 0 Å². The Bertz CT molecular complexity index is 955. The first-order chi connectivity index (χ1) is 17.2. The fraction of sp³-hybridized carbons (Fsp3) is 0.679. The number of nitrogens with zero attached hydrogens (tertiary/aromatic N) is 3. The molecule has 8 nitrogen and oxygen atoms in total. The van der Waals surface area contributed by atoms with Gasteiger partial charge in [-0.2, -0.15) is 0 Å². The number of anilines is 1. The lowest BCUT2D eigenvalue weighted by Crippen LogP contribution is -2.57. The Kier molecular flexibility index (Phi) is 8.05. The van der Waals surface area contributed by atoms with Gasteiger partial charge < -0.3 is 24.8 Å². The van der Waals surface area contributed by atoms with Crippen molar-refractivity contribution in [1.82, 2.24) is 15.1 Å². The van der Waals surface area contributed by atoms with Crippen molar-refractivity contribution < 1.29 is 19.1 Å². The van der Waals surface area contributed by atoms with Crippen molar-refractivity contribution in [2.45, 2.75) is 65.1 Å². The first-order valence-electron chi connectivity index (χ1n) is 13.5. The van der Waals surface area contributed by atoms with Crippen LogP contribution >= 0.6 is 0 Å². The van der Waals surface area contributed by atoms with Gasteiger partial charge in [-0.25, -0.2) is 0 Å². The lowest BCUT2D eigenvalue weighted by molar-refractivity contribution is -0.140. The Morgan fingerprint density at radius 2 is 1.78 bits per heavy atom. The van der Waals surface area contributed by atoms with E-state index in [-0.39, 0.29) is 36.2 Å². The molecule has 4 rings (SSSR count). The van der Waals surface area contributed by atoms with E-state index in [0.717, 1.165) is 44.7 Å². The zero-order valence-corrected chi connectivity index (χ0v) is 22.5. The van der Waals surface area contributed by atoms with Crippen LogP contribution in [-0.4, -0.2) is 92.0 Å². The molecule has 3 fully saturated rings. The molecule has 3 saturated heterocycles. The molecule has 0 bridgehead atoms. The Balaban J connectivity index is 1.50. The highest BCUT2D eigenvalue weighted by atomic mass is 16.5. The second kappa shape index (κ2) is 10.9. The van der Waals surface area contributed by atoms with E-state index in [0.29, 0.717) is 18.5 Å². The van der Waals surface area contributed by atoms with Gasteiger partial charge >= 0.3 is 0 Å². The van der Waals surface area contributed by atoms with Crippen LogP contribution < -0.4 is 10.2 Å². The molecule has 3 aliphatic rings. The maximum atomic E-state index is 13.9. The molecule has 1 aromatic carbocycles. The number of hydrogen-bond donors (Lipinski definition) is 1. The fourth-order valence-electron chi connectivity index (χ4n) is 5.67. The third-order valence-corrected chi connectivity index (χ3v) is 8.45. The van der Waals surface area contributed by atoms with Crippen LogP contribution in [0.25, 0.3) is 0 Å². The quantitative estimate of drug-likeness (QED) is 0.593. The summed E-state index contributed by atoms with van der Waals surface area (Å²) in [5.41, 5.74) is 1.15. The zero-order valence-electron chi connectivity index (χ0n) is 22.5. The molecule has 2 amide bonds. The minimum absolute atomic E-state index is 0.0363. The van der Waals surface area contributed by atoms with Crippen molar-refractivity contribution in [3.63, 3.8) is 0 Å². The second-order valence-corrected chi connectivity index (χ2v) is 11.3. The number of Topliss-reactive ketones (excluding diaryl/α,β-unsaturated/α-hetero) is 1. The number of carbonyl (C=O) groups is 3. The van der Waals surface area contributed by atoms with Crippen LogP contribution in [0.2, 0.25) is 0 Å². The fourth-order valence-corrected chi connectivity index (χ4v) is 5.67. The van der Waals surface area contributed by atoms with Gasteiger partial charge in [0.05, 0.1) is 6.10 Å². The molecule has 36 heavy (non-hydrogen) atoms. The van der Waals surface area contributed by atoms with Gasteiger partial charge in [0.25, 0.3) is 5.91 Å². The third kappa shape index (κ3) is 5.30. The number of fused-ring (bicyclic) bond motifs is 1. The van der Waals surface area contributed by atoms with Crippen molar-refractivity contribution in [1.29, 1.82) is 0 Å². The molecule has 3 aliphatic heterocycles. The van der Waals surface area contributed by atoms with Gasteiger partial charge in [-0.3, -0.25) is 14.4 Å². The Hall–Kier alpha value is -2.45. The van der Waals surface area contributed by atoms with Crippen molar-refractivity contribution in [2.24, 2.45) is 11.3 Å². The standard InChI is InChI=1S/C28H42N4O4/c1-6-8-20-17-32(23-22(33)18-36-24(20)23)27(35)25(28(3,4)7-2)29-26(34)19-9-11-21(12-10-19)31-15-13-30(5)14-16-31/h9-12,20,23-25H,6-8,13-18H2,1-5H3,(H,29,34)/t20-,23+,24+,25+/m0/s1. The van der Waals surface area contributed by atoms with E-state index in [1.54, 1.807) is 4.90 Å². The van der Waals surface area contributed by atoms with Crippen LogP contribution in [0, 0.1) is 11.3 Å². The molecule has 1 N–H and O–H groups in total. The van der Waals surface area contributed by atoms with E-state index in [1.165, 1.54) is 0 Å². The molecule has 0 aromatic heterocycles. The van der Waals surface area contributed by atoms with Gasteiger partial charge in [-0.15, -0.1) is 0 Å². The number of nitrogens with one attached hydrogen (secondary N) is 1. The van der Waals surface area contributed by atoms with E-state index in [9.17, 15) is 14.4 Å². The van der Waals surface area contributed by atoms with Gasteiger partial charge in [0.2, 0.25) is 5.91 Å². The lowest BCUT2D eigenvalue weighted by atomic mass is 9.80. The molecule has 0 unspecified atom stereocenters. The molecule has 0 spiro atoms. The highest BCUT2D eigenvalue weighted by molar-refractivity contribution is 5.99. The molecule has 0 aliphatic carbocycles. The van der Waals surface area contributed by atoms with Crippen molar-refractivity contribution in [3.05, 3.63) is 29.8 Å². The average Bonchev–Trinajstić information content (AvgIpc) is 3.43. The molecule has 3 heterocycles. The largest absolute Gasteiger partial charge is 0.369 e. The second-order valence-electron chi connectivity index (χ2n) is 11.3. The number of benzene rings is 1. The third-order valence-electron chi connectivity index (χ3n) is 8.45. The van der Waals surface area contributed by atoms with Crippen LogP contribution in [0.3, 0.4) is 0 Å². The maximum absolute atomic E-state index is 13.9. The Labute approximate surface area is 215 Å². The van der Waals surface area contributed by atoms with Crippen molar-refractivity contribution >= 4 is 23.3 Å². The summed E-state index contributed by atoms with van der Waals surface area (Å²) in [6.45, 7) is 12.6. The number of ether oxygens (including phenoxy) is 1. The molecule has 0 saturated carbocycles. The topological polar surface area (TPSA) is 82.2 Å². The smallest absolute Gasteiger partial charge is 0.251 e. The first kappa shape index (κ1) is 26.6. The summed E-state index contributed by atoms with van der Waals surface area (Å²) in [6, 6.07) is 6.36. The molecule has 1 aromatic rings. The molecule has 8 heteroatoms. The Morgan fingerprint density at radius 1 is 1.11 bits per heavy atom. The minimum atomic E-state index is -0.735. The number of hydrogen-bond acceptors (Lipinski definition) is 6. The Morgan fingerprint density at radius 3 is 2.39 bits per heavy atom. The number of ketones is 1. The highest BCUT2D eigenvalue weighted by Gasteiger charge is 2.53. The minimum Gasteiger partial charge on any atom is -0.369 e. The van der Waals surface area contributed by atoms with E-state index >= 15 is 0 Å². The van der Waals surface area contributed by atoms with Gasteiger partial charge in [-0.1, -0.05) is 34.1 Å². The zero-order chi connectivity index (χ0) is 26.0. The number of likely N-dealkylation sites (N-methyl/N-ethyl adjacent to an activating group) is 1. The summed E-state index contributed by atoms with van der Waals surface area (Å²) in [4.78, 5) is 46.3. The van der Waals surface area contributed by atoms with E-state index in [2.05, 4.69) is 29.1 Å². The predicted molar refractivity (Wildman–Crippen MR) is 140 cm³/mol. The summed E-state index contributed by atoms with van der Waals surface area (Å²) < 4.78 is 5.81. The molecular weight excluding hydrogens is 456 g/mol. The van der Waals surface area contributed by atoms with Gasteiger partial charge in [0, 0.05) is 49.9 Å². The van der Waals surface area contributed by atoms with Crippen LogP contribution in [0.4, 0.5) is 5.69 Å². The van der Waals surface area contributed by atoms with Crippen molar-refractivity contribution in [2.75, 3.05) is 51.3 Å². The van der Waals surface area contributed by atoms with Gasteiger partial charge in [0.1, 0.15) is 18.7 Å². The predicted octanol–water partition coefficient (Wildman–Crippen LogP) is 2.57. The number of rotatable bonds is 8. The summed E-state index contributed by atoms with van der Waals surface area (Å²) in [5.74, 6) is -0.337. The number of amides is 2. The first-order valence-corrected chi connectivity index (χ1v) is 13.5.